The Kier molecular flexibility index (Phi) is 13.1. The minimum atomic E-state index is -1.14. The normalized spacial score (nSPS) is 13.9. The Bertz CT molecular complexity index is 2390. The molecule has 0 saturated heterocycles. The highest BCUT2D eigenvalue weighted by Crippen LogP contribution is 2.36. The molecule has 0 aliphatic heterocycles. The van der Waals surface area contributed by atoms with Gasteiger partial charge in [-0.25, -0.2) is 0 Å². The van der Waals surface area contributed by atoms with Crippen molar-refractivity contribution in [3.05, 3.63) is 126 Å². The van der Waals surface area contributed by atoms with Gasteiger partial charge in [0.15, 0.2) is 5.78 Å². The number of hydrogen-bond donors (Lipinski definition) is 2. The van der Waals surface area contributed by atoms with Crippen LogP contribution in [-0.2, 0) is 43.2 Å². The molecule has 0 heterocycles. The molecule has 6 aromatic rings. The first-order valence-corrected chi connectivity index (χ1v) is 21.1. The van der Waals surface area contributed by atoms with E-state index >= 15 is 0 Å². The van der Waals surface area contributed by atoms with Gasteiger partial charge >= 0.3 is 5.97 Å². The number of aryl methyl sites for hydroxylation is 1. The maximum atomic E-state index is 14.5. The Labute approximate surface area is 354 Å². The quantitative estimate of drug-likeness (QED) is 0.0695. The standard InChI is InChI=1S/C52H60N2O6/c1-50(2,3)59-41-24-17-34(18-25-41)27-40(31-45(56)43(53)32-46(57)60-51(4,5)6)49(58)54-52(7,8)42(30-33-13-10-9-11-14-33)44(55)26-19-35-28-38-22-20-36-15-12-16-37-21-23-39(29-35)48(38)47(36)37/h9-18,20-25,28-29,40,42-43H,19,26-27,30-32,53H2,1-8H3,(H,54,58)/t40-,42+,43+/m1/s1. The fourth-order valence-corrected chi connectivity index (χ4v) is 8.19. The Balaban J connectivity index is 1.23. The SMILES string of the molecule is CC(C)(C)OC(=O)C[C@H](N)C(=O)C[C@@H](Cc1ccc(OC(C)(C)C)cc1)C(=O)NC(C)(C)[C@@H](Cc1ccccc1)C(=O)CCc1cc2ccc3cccc4ccc(c1)c2c34. The molecule has 0 fully saturated rings. The van der Waals surface area contributed by atoms with Crippen LogP contribution in [0, 0.1) is 11.8 Å². The van der Waals surface area contributed by atoms with E-state index in [1.165, 1.54) is 21.5 Å². The zero-order chi connectivity index (χ0) is 43.4. The zero-order valence-corrected chi connectivity index (χ0v) is 36.4. The predicted octanol–water partition coefficient (Wildman–Crippen LogP) is 9.89. The smallest absolute Gasteiger partial charge is 0.308 e. The molecule has 0 saturated carbocycles. The summed E-state index contributed by atoms with van der Waals surface area (Å²) in [5, 5.41) is 10.4. The number of carbonyl (C=O) groups is 4. The maximum Gasteiger partial charge on any atom is 0.308 e. The molecule has 314 valence electrons. The molecular formula is C52H60N2O6. The van der Waals surface area contributed by atoms with Crippen molar-refractivity contribution in [3.8, 4) is 5.75 Å². The van der Waals surface area contributed by atoms with Crippen molar-refractivity contribution in [2.24, 2.45) is 17.6 Å². The molecule has 0 radical (unpaired) electrons. The minimum absolute atomic E-state index is 0.0377. The van der Waals surface area contributed by atoms with Crippen molar-refractivity contribution >= 4 is 55.8 Å². The third-order valence-corrected chi connectivity index (χ3v) is 11.0. The fraction of sp³-hybridized carbons (Fsp3) is 0.385. The van der Waals surface area contributed by atoms with E-state index in [9.17, 15) is 19.2 Å². The zero-order valence-electron chi connectivity index (χ0n) is 36.4. The number of Topliss-reactive ketones (excluding diaryl/α,β-unsaturated/α-hetero) is 2. The molecule has 0 aliphatic rings. The summed E-state index contributed by atoms with van der Waals surface area (Å²) in [7, 11) is 0. The predicted molar refractivity (Wildman–Crippen MR) is 241 cm³/mol. The van der Waals surface area contributed by atoms with Crippen LogP contribution in [0.4, 0.5) is 0 Å². The number of esters is 1. The molecule has 0 aliphatic carbocycles. The summed E-state index contributed by atoms with van der Waals surface area (Å²) < 4.78 is 11.4. The molecule has 6 aromatic carbocycles. The van der Waals surface area contributed by atoms with Gasteiger partial charge in [0.1, 0.15) is 22.7 Å². The Hall–Kier alpha value is -5.60. The molecule has 8 heteroatoms. The molecule has 8 nitrogen and oxygen atoms in total. The summed E-state index contributed by atoms with van der Waals surface area (Å²) >= 11 is 0. The molecule has 0 unspecified atom stereocenters. The van der Waals surface area contributed by atoms with Crippen LogP contribution >= 0.6 is 0 Å². The number of benzene rings is 6. The third kappa shape index (κ3) is 11.4. The third-order valence-electron chi connectivity index (χ3n) is 11.0. The lowest BCUT2D eigenvalue weighted by atomic mass is 9.77. The Morgan fingerprint density at radius 3 is 1.75 bits per heavy atom. The monoisotopic (exact) mass is 808 g/mol. The van der Waals surface area contributed by atoms with Gasteiger partial charge in [0.25, 0.3) is 0 Å². The number of ether oxygens (including phenoxy) is 2. The van der Waals surface area contributed by atoms with E-state index in [-0.39, 0.29) is 43.0 Å². The highest BCUT2D eigenvalue weighted by molar-refractivity contribution is 6.23. The van der Waals surface area contributed by atoms with Crippen molar-refractivity contribution in [2.75, 3.05) is 0 Å². The number of nitrogens with one attached hydrogen (secondary N) is 1. The molecule has 6 rings (SSSR count). The first-order valence-electron chi connectivity index (χ1n) is 21.1. The van der Waals surface area contributed by atoms with Crippen molar-refractivity contribution < 1.29 is 28.7 Å². The average molecular weight is 809 g/mol. The van der Waals surface area contributed by atoms with Crippen molar-refractivity contribution in [1.29, 1.82) is 0 Å². The first kappa shape index (κ1) is 44.0. The van der Waals surface area contributed by atoms with Gasteiger partial charge in [-0.15, -0.1) is 0 Å². The Morgan fingerprint density at radius 1 is 0.600 bits per heavy atom. The van der Waals surface area contributed by atoms with E-state index in [1.807, 2.05) is 89.2 Å². The van der Waals surface area contributed by atoms with E-state index in [0.29, 0.717) is 18.6 Å². The summed E-state index contributed by atoms with van der Waals surface area (Å²) in [6.07, 6.45) is 0.997. The van der Waals surface area contributed by atoms with Gasteiger partial charge in [0, 0.05) is 30.2 Å². The lowest BCUT2D eigenvalue weighted by Crippen LogP contribution is -2.54. The summed E-state index contributed by atoms with van der Waals surface area (Å²) in [4.78, 5) is 55.2. The van der Waals surface area contributed by atoms with Crippen molar-refractivity contribution in [3.63, 3.8) is 0 Å². The van der Waals surface area contributed by atoms with Crippen LogP contribution < -0.4 is 15.8 Å². The molecule has 0 bridgehead atoms. The average Bonchev–Trinajstić information content (AvgIpc) is 3.17. The highest BCUT2D eigenvalue weighted by Gasteiger charge is 2.38. The van der Waals surface area contributed by atoms with Gasteiger partial charge in [-0.2, -0.15) is 0 Å². The van der Waals surface area contributed by atoms with Crippen LogP contribution in [-0.4, -0.2) is 46.2 Å². The number of rotatable bonds is 17. The fourth-order valence-electron chi connectivity index (χ4n) is 8.19. The topological polar surface area (TPSA) is 125 Å². The van der Waals surface area contributed by atoms with Gasteiger partial charge in [0.2, 0.25) is 5.91 Å². The number of ketones is 2. The molecular weight excluding hydrogens is 749 g/mol. The minimum Gasteiger partial charge on any atom is -0.488 e. The number of carbonyl (C=O) groups excluding carboxylic acids is 4. The van der Waals surface area contributed by atoms with E-state index < -0.39 is 40.8 Å². The van der Waals surface area contributed by atoms with E-state index in [4.69, 9.17) is 15.2 Å². The number of nitrogens with two attached hydrogens (primary N) is 1. The summed E-state index contributed by atoms with van der Waals surface area (Å²) in [6.45, 7) is 14.9. The Morgan fingerprint density at radius 2 is 1.17 bits per heavy atom. The molecule has 3 atom stereocenters. The lowest BCUT2D eigenvalue weighted by molar-refractivity contribution is -0.156. The second-order valence-corrected chi connectivity index (χ2v) is 18.9. The molecule has 3 N–H and O–H groups in total. The molecule has 0 aromatic heterocycles. The number of hydrogen-bond acceptors (Lipinski definition) is 7. The molecule has 1 amide bonds. The van der Waals surface area contributed by atoms with Crippen LogP contribution in [0.15, 0.2) is 109 Å². The van der Waals surface area contributed by atoms with Crippen LogP contribution in [0.3, 0.4) is 0 Å². The van der Waals surface area contributed by atoms with Crippen molar-refractivity contribution in [1.82, 2.24) is 5.32 Å². The number of amides is 1. The van der Waals surface area contributed by atoms with E-state index in [0.717, 1.165) is 27.5 Å². The first-order chi connectivity index (χ1) is 28.2. The van der Waals surface area contributed by atoms with Gasteiger partial charge in [-0.05, 0) is 136 Å². The summed E-state index contributed by atoms with van der Waals surface area (Å²) in [6, 6.07) is 35.6. The van der Waals surface area contributed by atoms with Gasteiger partial charge in [-0.3, -0.25) is 19.2 Å². The lowest BCUT2D eigenvalue weighted by Gasteiger charge is -2.36. The van der Waals surface area contributed by atoms with Crippen LogP contribution in [0.1, 0.15) is 91.3 Å². The molecule has 0 spiro atoms. The second kappa shape index (κ2) is 17.9. The maximum absolute atomic E-state index is 14.5. The summed E-state index contributed by atoms with van der Waals surface area (Å²) in [5.74, 6) is -2.05. The van der Waals surface area contributed by atoms with E-state index in [2.05, 4.69) is 59.9 Å². The second-order valence-electron chi connectivity index (χ2n) is 18.9. The molecule has 60 heavy (non-hydrogen) atoms. The van der Waals surface area contributed by atoms with Gasteiger partial charge < -0.3 is 20.5 Å². The van der Waals surface area contributed by atoms with E-state index in [1.54, 1.807) is 20.8 Å². The van der Waals surface area contributed by atoms with Crippen LogP contribution in [0.5, 0.6) is 5.75 Å². The van der Waals surface area contributed by atoms with Crippen molar-refractivity contribution in [2.45, 2.75) is 117 Å². The van der Waals surface area contributed by atoms with Gasteiger partial charge in [0.05, 0.1) is 12.5 Å². The highest BCUT2D eigenvalue weighted by atomic mass is 16.6. The van der Waals surface area contributed by atoms with Crippen LogP contribution in [0.2, 0.25) is 0 Å². The summed E-state index contributed by atoms with van der Waals surface area (Å²) in [5.41, 5.74) is 7.05. The van der Waals surface area contributed by atoms with Crippen LogP contribution in [0.25, 0.3) is 32.3 Å². The largest absolute Gasteiger partial charge is 0.488 e. The van der Waals surface area contributed by atoms with Gasteiger partial charge in [-0.1, -0.05) is 97.1 Å².